The Hall–Kier alpha value is -2.23. The van der Waals surface area contributed by atoms with Crippen molar-refractivity contribution < 1.29 is 14.2 Å². The molecular formula is C17H20FNO2. The summed E-state index contributed by atoms with van der Waals surface area (Å²) in [6, 6.07) is 8.55. The van der Waals surface area contributed by atoms with Gasteiger partial charge in [-0.05, 0) is 50.1 Å². The van der Waals surface area contributed by atoms with Crippen LogP contribution in [0.3, 0.4) is 0 Å². The standard InChI is InChI=1S/C17H20FNO2/c1-10-5-8-15(11(2)17(10)20)19-12(3)13-6-7-14(18)16(9-13)21-4/h5-9,12,19-20H,1-4H3. The molecule has 0 spiro atoms. The van der Waals surface area contributed by atoms with Crippen LogP contribution in [0.2, 0.25) is 0 Å². The minimum atomic E-state index is -0.377. The highest BCUT2D eigenvalue weighted by atomic mass is 19.1. The topological polar surface area (TPSA) is 41.5 Å². The van der Waals surface area contributed by atoms with Gasteiger partial charge in [0, 0.05) is 17.3 Å². The van der Waals surface area contributed by atoms with E-state index >= 15 is 0 Å². The van der Waals surface area contributed by atoms with E-state index in [1.807, 2.05) is 32.9 Å². The van der Waals surface area contributed by atoms with Gasteiger partial charge in [-0.3, -0.25) is 0 Å². The van der Waals surface area contributed by atoms with E-state index in [4.69, 9.17) is 4.74 Å². The predicted molar refractivity (Wildman–Crippen MR) is 82.6 cm³/mol. The number of phenolic OH excluding ortho intramolecular Hbond substituents is 1. The summed E-state index contributed by atoms with van der Waals surface area (Å²) in [4.78, 5) is 0. The van der Waals surface area contributed by atoms with Gasteiger partial charge in [-0.25, -0.2) is 4.39 Å². The molecule has 0 radical (unpaired) electrons. The van der Waals surface area contributed by atoms with Gasteiger partial charge in [-0.15, -0.1) is 0 Å². The molecule has 0 aliphatic rings. The zero-order valence-corrected chi connectivity index (χ0v) is 12.7. The molecule has 1 unspecified atom stereocenters. The van der Waals surface area contributed by atoms with E-state index in [2.05, 4.69) is 5.32 Å². The number of hydrogen-bond acceptors (Lipinski definition) is 3. The summed E-state index contributed by atoms with van der Waals surface area (Å²) in [5.41, 5.74) is 3.41. The lowest BCUT2D eigenvalue weighted by atomic mass is 10.0. The Morgan fingerprint density at radius 2 is 1.90 bits per heavy atom. The molecule has 0 saturated heterocycles. The average molecular weight is 289 g/mol. The van der Waals surface area contributed by atoms with Crippen molar-refractivity contribution in [2.45, 2.75) is 26.8 Å². The van der Waals surface area contributed by atoms with Gasteiger partial charge in [0.05, 0.1) is 7.11 Å². The number of ether oxygens (including phenoxy) is 1. The van der Waals surface area contributed by atoms with E-state index in [-0.39, 0.29) is 17.6 Å². The number of rotatable bonds is 4. The number of hydrogen-bond donors (Lipinski definition) is 2. The highest BCUT2D eigenvalue weighted by Gasteiger charge is 2.12. The fourth-order valence-corrected chi connectivity index (χ4v) is 2.25. The predicted octanol–water partition coefficient (Wildman–Crippen LogP) is 4.33. The van der Waals surface area contributed by atoms with Gasteiger partial charge in [0.25, 0.3) is 0 Å². The van der Waals surface area contributed by atoms with Crippen LogP contribution >= 0.6 is 0 Å². The molecule has 0 heterocycles. The molecule has 112 valence electrons. The fourth-order valence-electron chi connectivity index (χ4n) is 2.25. The molecule has 0 fully saturated rings. The number of aryl methyl sites for hydroxylation is 1. The van der Waals surface area contributed by atoms with Crippen molar-refractivity contribution in [2.24, 2.45) is 0 Å². The third kappa shape index (κ3) is 3.10. The third-order valence-electron chi connectivity index (χ3n) is 3.68. The summed E-state index contributed by atoms with van der Waals surface area (Å²) in [6.45, 7) is 5.70. The van der Waals surface area contributed by atoms with E-state index in [1.54, 1.807) is 12.1 Å². The van der Waals surface area contributed by atoms with Crippen molar-refractivity contribution in [2.75, 3.05) is 12.4 Å². The van der Waals surface area contributed by atoms with Crippen LogP contribution in [-0.2, 0) is 0 Å². The van der Waals surface area contributed by atoms with Gasteiger partial charge in [0.1, 0.15) is 5.75 Å². The van der Waals surface area contributed by atoms with Gasteiger partial charge in [0.2, 0.25) is 0 Å². The Balaban J connectivity index is 2.26. The summed E-state index contributed by atoms with van der Waals surface area (Å²) in [7, 11) is 1.45. The quantitative estimate of drug-likeness (QED) is 0.880. The van der Waals surface area contributed by atoms with Crippen LogP contribution in [0, 0.1) is 19.7 Å². The van der Waals surface area contributed by atoms with Crippen molar-refractivity contribution in [3.8, 4) is 11.5 Å². The van der Waals surface area contributed by atoms with Crippen LogP contribution < -0.4 is 10.1 Å². The summed E-state index contributed by atoms with van der Waals surface area (Å²) in [5.74, 6) is 0.145. The van der Waals surface area contributed by atoms with Gasteiger partial charge in [-0.1, -0.05) is 12.1 Å². The monoisotopic (exact) mass is 289 g/mol. The Morgan fingerprint density at radius 3 is 2.57 bits per heavy atom. The Bertz CT molecular complexity index is 655. The number of anilines is 1. The Morgan fingerprint density at radius 1 is 1.19 bits per heavy atom. The first-order valence-electron chi connectivity index (χ1n) is 6.83. The van der Waals surface area contributed by atoms with Crippen LogP contribution in [0.4, 0.5) is 10.1 Å². The summed E-state index contributed by atoms with van der Waals surface area (Å²) < 4.78 is 18.4. The maximum atomic E-state index is 13.4. The second-order valence-corrected chi connectivity index (χ2v) is 5.16. The fraction of sp³-hybridized carbons (Fsp3) is 0.294. The number of phenols is 1. The largest absolute Gasteiger partial charge is 0.507 e. The molecule has 2 aromatic rings. The lowest BCUT2D eigenvalue weighted by Crippen LogP contribution is -2.08. The zero-order chi connectivity index (χ0) is 15.6. The van der Waals surface area contributed by atoms with Gasteiger partial charge in [-0.2, -0.15) is 0 Å². The van der Waals surface area contributed by atoms with Crippen molar-refractivity contribution in [1.82, 2.24) is 0 Å². The highest BCUT2D eigenvalue weighted by Crippen LogP contribution is 2.31. The van der Waals surface area contributed by atoms with Crippen molar-refractivity contribution in [3.63, 3.8) is 0 Å². The number of nitrogens with one attached hydrogen (secondary N) is 1. The zero-order valence-electron chi connectivity index (χ0n) is 12.7. The number of benzene rings is 2. The number of halogens is 1. The molecular weight excluding hydrogens is 269 g/mol. The van der Waals surface area contributed by atoms with Crippen LogP contribution in [0.15, 0.2) is 30.3 Å². The summed E-state index contributed by atoms with van der Waals surface area (Å²) in [6.07, 6.45) is 0. The van der Waals surface area contributed by atoms with Crippen LogP contribution in [0.1, 0.15) is 29.7 Å². The highest BCUT2D eigenvalue weighted by molar-refractivity contribution is 5.60. The minimum Gasteiger partial charge on any atom is -0.507 e. The number of methoxy groups -OCH3 is 1. The lowest BCUT2D eigenvalue weighted by molar-refractivity contribution is 0.385. The molecule has 0 bridgehead atoms. The van der Waals surface area contributed by atoms with E-state index in [9.17, 15) is 9.50 Å². The summed E-state index contributed by atoms with van der Waals surface area (Å²) >= 11 is 0. The van der Waals surface area contributed by atoms with Crippen LogP contribution in [0.5, 0.6) is 11.5 Å². The maximum absolute atomic E-state index is 13.4. The SMILES string of the molecule is COc1cc(C(C)Nc2ccc(C)c(O)c2C)ccc1F. The maximum Gasteiger partial charge on any atom is 0.165 e. The third-order valence-corrected chi connectivity index (χ3v) is 3.68. The van der Waals surface area contributed by atoms with E-state index in [0.717, 1.165) is 22.4 Å². The molecule has 2 aromatic carbocycles. The second-order valence-electron chi connectivity index (χ2n) is 5.16. The molecule has 2 N–H and O–H groups in total. The van der Waals surface area contributed by atoms with Crippen molar-refractivity contribution >= 4 is 5.69 Å². The molecule has 0 aliphatic carbocycles. The average Bonchev–Trinajstić information content (AvgIpc) is 2.48. The lowest BCUT2D eigenvalue weighted by Gasteiger charge is -2.19. The molecule has 0 amide bonds. The smallest absolute Gasteiger partial charge is 0.165 e. The van der Waals surface area contributed by atoms with Gasteiger partial charge in [0.15, 0.2) is 11.6 Å². The molecule has 2 rings (SSSR count). The molecule has 21 heavy (non-hydrogen) atoms. The molecule has 3 nitrogen and oxygen atoms in total. The minimum absolute atomic E-state index is 0.0414. The summed E-state index contributed by atoms with van der Waals surface area (Å²) in [5, 5.41) is 13.3. The molecule has 0 saturated carbocycles. The van der Waals surface area contributed by atoms with Crippen molar-refractivity contribution in [1.29, 1.82) is 0 Å². The molecule has 0 aliphatic heterocycles. The molecule has 1 atom stereocenters. The van der Waals surface area contributed by atoms with E-state index in [1.165, 1.54) is 13.2 Å². The van der Waals surface area contributed by atoms with E-state index in [0.29, 0.717) is 5.75 Å². The first-order chi connectivity index (χ1) is 9.93. The van der Waals surface area contributed by atoms with Crippen LogP contribution in [-0.4, -0.2) is 12.2 Å². The number of aromatic hydroxyl groups is 1. The molecule has 0 aromatic heterocycles. The first-order valence-corrected chi connectivity index (χ1v) is 6.83. The van der Waals surface area contributed by atoms with Crippen LogP contribution in [0.25, 0.3) is 0 Å². The van der Waals surface area contributed by atoms with E-state index < -0.39 is 0 Å². The second kappa shape index (κ2) is 6.04. The first kappa shape index (κ1) is 15.2. The van der Waals surface area contributed by atoms with Crippen molar-refractivity contribution in [3.05, 3.63) is 52.8 Å². The van der Waals surface area contributed by atoms with Gasteiger partial charge < -0.3 is 15.2 Å². The Labute approximate surface area is 124 Å². The van der Waals surface area contributed by atoms with Gasteiger partial charge >= 0.3 is 0 Å². The molecule has 4 heteroatoms. The Kier molecular flexibility index (Phi) is 4.36. The normalized spacial score (nSPS) is 12.0.